The first-order chi connectivity index (χ1) is 14.3. The number of sulfonamides is 1. The number of benzene rings is 1. The highest BCUT2D eigenvalue weighted by Gasteiger charge is 2.09. The van der Waals surface area contributed by atoms with E-state index in [0.717, 1.165) is 0 Å². The Balaban J connectivity index is 1.51. The first-order valence-corrected chi connectivity index (χ1v) is 12.0. The van der Waals surface area contributed by atoms with Crippen molar-refractivity contribution in [2.24, 2.45) is 5.14 Å². The average Bonchev–Trinajstić information content (AvgIpc) is 3.24. The molecule has 158 valence electrons. The summed E-state index contributed by atoms with van der Waals surface area (Å²) >= 11 is 4.81. The molecule has 1 amide bonds. The summed E-state index contributed by atoms with van der Waals surface area (Å²) in [7, 11) is -3.74. The number of amides is 1. The van der Waals surface area contributed by atoms with Gasteiger partial charge in [-0.2, -0.15) is 4.98 Å². The molecule has 3 rings (SSSR count). The normalized spacial score (nSPS) is 11.1. The van der Waals surface area contributed by atoms with Crippen LogP contribution in [-0.4, -0.2) is 37.4 Å². The van der Waals surface area contributed by atoms with Gasteiger partial charge >= 0.3 is 0 Å². The first kappa shape index (κ1) is 22.2. The van der Waals surface area contributed by atoms with Crippen molar-refractivity contribution < 1.29 is 13.2 Å². The maximum Gasteiger partial charge on any atom is 0.261 e. The molecule has 2 aromatic heterocycles. The summed E-state index contributed by atoms with van der Waals surface area (Å²) in [5, 5.41) is 16.0. The van der Waals surface area contributed by atoms with Crippen molar-refractivity contribution in [2.45, 2.75) is 11.3 Å². The fourth-order valence-corrected chi connectivity index (χ4v) is 3.89. The Morgan fingerprint density at radius 2 is 1.93 bits per heavy atom. The van der Waals surface area contributed by atoms with Gasteiger partial charge in [-0.15, -0.1) is 11.3 Å². The Labute approximate surface area is 186 Å². The van der Waals surface area contributed by atoms with Crippen LogP contribution in [-0.2, 0) is 10.0 Å². The third-order valence-electron chi connectivity index (χ3n) is 3.86. The van der Waals surface area contributed by atoms with E-state index in [1.807, 2.05) is 11.4 Å². The van der Waals surface area contributed by atoms with E-state index in [-0.39, 0.29) is 10.8 Å². The van der Waals surface area contributed by atoms with Crippen LogP contribution in [0.3, 0.4) is 0 Å². The van der Waals surface area contributed by atoms with E-state index >= 15 is 0 Å². The van der Waals surface area contributed by atoms with Crippen molar-refractivity contribution in [3.8, 4) is 0 Å². The lowest BCUT2D eigenvalue weighted by Crippen LogP contribution is -2.25. The van der Waals surface area contributed by atoms with E-state index in [2.05, 4.69) is 41.8 Å². The molecule has 0 saturated heterocycles. The topological polar surface area (TPSA) is 139 Å². The molecule has 0 spiro atoms. The number of nitrogens with two attached hydrogens (primary N) is 1. The number of anilines is 3. The highest BCUT2D eigenvalue weighted by atomic mass is 79.9. The molecular formula is C18H19BrN6O3S2. The summed E-state index contributed by atoms with van der Waals surface area (Å²) in [4.78, 5) is 21.2. The van der Waals surface area contributed by atoms with Gasteiger partial charge in [0.2, 0.25) is 16.0 Å². The van der Waals surface area contributed by atoms with Crippen LogP contribution in [0.15, 0.2) is 57.3 Å². The molecule has 0 saturated carbocycles. The number of carbonyl (C=O) groups excluding carboxylic acids is 1. The molecule has 3 aromatic rings. The van der Waals surface area contributed by atoms with Crippen LogP contribution >= 0.6 is 27.3 Å². The molecular weight excluding hydrogens is 492 g/mol. The van der Waals surface area contributed by atoms with Crippen LogP contribution in [0.25, 0.3) is 0 Å². The molecule has 12 heteroatoms. The van der Waals surface area contributed by atoms with Gasteiger partial charge in [-0.05, 0) is 58.1 Å². The lowest BCUT2D eigenvalue weighted by molar-refractivity contribution is 0.0957. The Kier molecular flexibility index (Phi) is 7.37. The van der Waals surface area contributed by atoms with E-state index in [0.29, 0.717) is 46.3 Å². The second-order valence-electron chi connectivity index (χ2n) is 6.10. The number of nitrogens with one attached hydrogen (secondary N) is 3. The van der Waals surface area contributed by atoms with Gasteiger partial charge < -0.3 is 16.0 Å². The summed E-state index contributed by atoms with van der Waals surface area (Å²) < 4.78 is 23.3. The minimum Gasteiger partial charge on any atom is -0.369 e. The molecule has 0 bridgehead atoms. The van der Waals surface area contributed by atoms with Gasteiger partial charge in [0.1, 0.15) is 5.82 Å². The van der Waals surface area contributed by atoms with Gasteiger partial charge in [-0.25, -0.2) is 18.5 Å². The highest BCUT2D eigenvalue weighted by Crippen LogP contribution is 2.22. The minimum absolute atomic E-state index is 0.0262. The first-order valence-electron chi connectivity index (χ1n) is 8.81. The predicted octanol–water partition coefficient (Wildman–Crippen LogP) is 2.92. The fourth-order valence-electron chi connectivity index (χ4n) is 2.40. The summed E-state index contributed by atoms with van der Waals surface area (Å²) in [6.45, 7) is 1.14. The zero-order chi connectivity index (χ0) is 21.6. The molecule has 30 heavy (non-hydrogen) atoms. The quantitative estimate of drug-likeness (QED) is 0.324. The number of nitrogens with zero attached hydrogens (tertiary/aromatic N) is 2. The highest BCUT2D eigenvalue weighted by molar-refractivity contribution is 9.10. The Hall–Kier alpha value is -2.54. The second-order valence-corrected chi connectivity index (χ2v) is 9.46. The summed E-state index contributed by atoms with van der Waals surface area (Å²) in [6.07, 6.45) is 2.32. The predicted molar refractivity (Wildman–Crippen MR) is 121 cm³/mol. The van der Waals surface area contributed by atoms with Crippen molar-refractivity contribution in [1.82, 2.24) is 15.3 Å². The Morgan fingerprint density at radius 1 is 1.17 bits per heavy atom. The van der Waals surface area contributed by atoms with Crippen LogP contribution in [0, 0.1) is 0 Å². The summed E-state index contributed by atoms with van der Waals surface area (Å²) in [5.74, 6) is 0.862. The molecule has 1 aromatic carbocycles. The molecule has 5 N–H and O–H groups in total. The third kappa shape index (κ3) is 6.23. The van der Waals surface area contributed by atoms with Gasteiger partial charge in [0.05, 0.1) is 14.2 Å². The smallest absolute Gasteiger partial charge is 0.261 e. The average molecular weight is 511 g/mol. The van der Waals surface area contributed by atoms with Crippen molar-refractivity contribution in [2.75, 3.05) is 23.7 Å². The van der Waals surface area contributed by atoms with Crippen molar-refractivity contribution >= 4 is 60.7 Å². The number of thiophene rings is 1. The van der Waals surface area contributed by atoms with Crippen LogP contribution in [0.5, 0.6) is 0 Å². The van der Waals surface area contributed by atoms with E-state index in [1.165, 1.54) is 23.5 Å². The molecule has 0 fully saturated rings. The number of carbonyl (C=O) groups is 1. The maximum absolute atomic E-state index is 11.9. The number of halogens is 1. The molecule has 2 heterocycles. The molecule has 0 aliphatic carbocycles. The third-order valence-corrected chi connectivity index (χ3v) is 6.24. The van der Waals surface area contributed by atoms with Crippen molar-refractivity contribution in [3.63, 3.8) is 0 Å². The van der Waals surface area contributed by atoms with Crippen LogP contribution in [0.4, 0.5) is 17.5 Å². The number of aromatic nitrogens is 2. The van der Waals surface area contributed by atoms with Crippen LogP contribution < -0.4 is 21.1 Å². The second kappa shape index (κ2) is 9.98. The standard InChI is InChI=1S/C18H19BrN6O3S2/c19-14-11-23-18(24-12-4-6-13(7-5-12)30(20,27)28)25-16(14)21-8-2-9-22-17(26)15-3-1-10-29-15/h1,3-7,10-11H,2,8-9H2,(H,22,26)(H2,20,27,28)(H2,21,23,24,25). The van der Waals surface area contributed by atoms with Gasteiger partial charge in [0.25, 0.3) is 5.91 Å². The lowest BCUT2D eigenvalue weighted by Gasteiger charge is -2.11. The van der Waals surface area contributed by atoms with E-state index < -0.39 is 10.0 Å². The molecule has 9 nitrogen and oxygen atoms in total. The molecule has 0 aliphatic heterocycles. The van der Waals surface area contributed by atoms with Gasteiger partial charge in [-0.1, -0.05) is 6.07 Å². The van der Waals surface area contributed by atoms with Gasteiger partial charge in [0.15, 0.2) is 0 Å². The fraction of sp³-hybridized carbons (Fsp3) is 0.167. The minimum atomic E-state index is -3.74. The zero-order valence-electron chi connectivity index (χ0n) is 15.6. The van der Waals surface area contributed by atoms with Crippen molar-refractivity contribution in [1.29, 1.82) is 0 Å². The molecule has 0 unspecified atom stereocenters. The van der Waals surface area contributed by atoms with Gasteiger partial charge in [0, 0.05) is 25.0 Å². The summed E-state index contributed by atoms with van der Waals surface area (Å²) in [5.41, 5.74) is 0.618. The maximum atomic E-state index is 11.9. The van der Waals surface area contributed by atoms with Gasteiger partial charge in [-0.3, -0.25) is 4.79 Å². The van der Waals surface area contributed by atoms with E-state index in [9.17, 15) is 13.2 Å². The van der Waals surface area contributed by atoms with Crippen LogP contribution in [0.2, 0.25) is 0 Å². The SMILES string of the molecule is NS(=O)(=O)c1ccc(Nc2ncc(Br)c(NCCCNC(=O)c3cccs3)n2)cc1. The Bertz CT molecular complexity index is 1110. The van der Waals surface area contributed by atoms with Crippen LogP contribution in [0.1, 0.15) is 16.1 Å². The monoisotopic (exact) mass is 510 g/mol. The number of rotatable bonds is 9. The lowest BCUT2D eigenvalue weighted by atomic mass is 10.3. The summed E-state index contributed by atoms with van der Waals surface area (Å²) in [6, 6.07) is 9.59. The Morgan fingerprint density at radius 3 is 2.60 bits per heavy atom. The number of hydrogen-bond acceptors (Lipinski definition) is 8. The molecule has 0 radical (unpaired) electrons. The largest absolute Gasteiger partial charge is 0.369 e. The van der Waals surface area contributed by atoms with Crippen molar-refractivity contribution in [3.05, 3.63) is 57.3 Å². The molecule has 0 atom stereocenters. The van der Waals surface area contributed by atoms with E-state index in [1.54, 1.807) is 24.4 Å². The van der Waals surface area contributed by atoms with E-state index in [4.69, 9.17) is 5.14 Å². The number of primary sulfonamides is 1. The molecule has 0 aliphatic rings. The zero-order valence-corrected chi connectivity index (χ0v) is 18.9. The number of hydrogen-bond donors (Lipinski definition) is 4.